The highest BCUT2D eigenvalue weighted by Gasteiger charge is 2.19. The second kappa shape index (κ2) is 7.01. The third-order valence-electron chi connectivity index (χ3n) is 3.15. The van der Waals surface area contributed by atoms with Crippen molar-refractivity contribution in [2.45, 2.75) is 6.04 Å². The molecule has 3 nitrogen and oxygen atoms in total. The zero-order valence-corrected chi connectivity index (χ0v) is 15.4. The van der Waals surface area contributed by atoms with Crippen LogP contribution in [0.3, 0.4) is 0 Å². The Hall–Kier alpha value is -0.750. The Balaban J connectivity index is 2.50. The van der Waals surface area contributed by atoms with E-state index in [1.54, 1.807) is 14.2 Å². The molecule has 2 aromatic carbocycles. The van der Waals surface area contributed by atoms with Gasteiger partial charge in [0.2, 0.25) is 0 Å². The minimum atomic E-state index is -0.354. The molecule has 0 bridgehead atoms. The maximum Gasteiger partial charge on any atom is 0.141 e. The highest BCUT2D eigenvalue weighted by molar-refractivity contribution is 9.11. The number of hydrogen-bond acceptors (Lipinski definition) is 3. The van der Waals surface area contributed by atoms with Crippen molar-refractivity contribution in [2.24, 2.45) is 5.73 Å². The van der Waals surface area contributed by atoms with Gasteiger partial charge in [0, 0.05) is 10.0 Å². The van der Waals surface area contributed by atoms with Crippen LogP contribution in [0.2, 0.25) is 5.02 Å². The van der Waals surface area contributed by atoms with Gasteiger partial charge in [0.15, 0.2) is 0 Å². The van der Waals surface area contributed by atoms with Crippen molar-refractivity contribution in [1.29, 1.82) is 0 Å². The molecule has 0 heterocycles. The molecule has 6 heteroatoms. The van der Waals surface area contributed by atoms with Gasteiger partial charge in [-0.25, -0.2) is 0 Å². The van der Waals surface area contributed by atoms with Crippen LogP contribution in [0.1, 0.15) is 17.2 Å². The minimum absolute atomic E-state index is 0.354. The van der Waals surface area contributed by atoms with E-state index < -0.39 is 0 Å². The first kappa shape index (κ1) is 16.6. The fourth-order valence-corrected chi connectivity index (χ4v) is 3.17. The zero-order chi connectivity index (χ0) is 15.6. The molecule has 0 aliphatic carbocycles. The molecule has 0 spiro atoms. The Morgan fingerprint density at radius 2 is 1.81 bits per heavy atom. The fourth-order valence-electron chi connectivity index (χ4n) is 2.05. The largest absolute Gasteiger partial charge is 0.495 e. The lowest BCUT2D eigenvalue weighted by Gasteiger charge is -2.19. The number of hydrogen-bond donors (Lipinski definition) is 1. The van der Waals surface area contributed by atoms with Gasteiger partial charge in [0.05, 0.1) is 25.3 Å². The van der Waals surface area contributed by atoms with Crippen LogP contribution < -0.4 is 15.2 Å². The first-order chi connectivity index (χ1) is 9.99. The molecule has 0 aliphatic heterocycles. The summed E-state index contributed by atoms with van der Waals surface area (Å²) in [5.41, 5.74) is 8.11. The zero-order valence-electron chi connectivity index (χ0n) is 11.5. The maximum absolute atomic E-state index is 6.36. The molecule has 0 amide bonds. The average molecular weight is 436 g/mol. The molecule has 112 valence electrons. The topological polar surface area (TPSA) is 44.5 Å². The summed E-state index contributed by atoms with van der Waals surface area (Å²) in [5, 5.41) is 0.620. The van der Waals surface area contributed by atoms with E-state index in [1.807, 2.05) is 30.3 Å². The van der Waals surface area contributed by atoms with Crippen LogP contribution >= 0.6 is 43.5 Å². The highest BCUT2D eigenvalue weighted by Crippen LogP contribution is 2.41. The summed E-state index contributed by atoms with van der Waals surface area (Å²) in [4.78, 5) is 0. The van der Waals surface area contributed by atoms with E-state index in [1.165, 1.54) is 0 Å². The second-order valence-corrected chi connectivity index (χ2v) is 6.41. The molecule has 2 N–H and O–H groups in total. The normalized spacial score (nSPS) is 12.1. The molecule has 0 fully saturated rings. The van der Waals surface area contributed by atoms with Crippen molar-refractivity contribution in [3.05, 3.63) is 55.4 Å². The maximum atomic E-state index is 6.36. The summed E-state index contributed by atoms with van der Waals surface area (Å²) in [6.07, 6.45) is 0. The summed E-state index contributed by atoms with van der Waals surface area (Å²) >= 11 is 13.0. The van der Waals surface area contributed by atoms with Crippen molar-refractivity contribution in [3.8, 4) is 11.5 Å². The van der Waals surface area contributed by atoms with Crippen molar-refractivity contribution < 1.29 is 9.47 Å². The number of rotatable bonds is 4. The number of benzene rings is 2. The van der Waals surface area contributed by atoms with Crippen LogP contribution in [0.15, 0.2) is 39.3 Å². The Bertz CT molecular complexity index is 664. The van der Waals surface area contributed by atoms with Gasteiger partial charge >= 0.3 is 0 Å². The molecule has 2 rings (SSSR count). The summed E-state index contributed by atoms with van der Waals surface area (Å²) in [5.74, 6) is 1.34. The third kappa shape index (κ3) is 3.37. The van der Waals surface area contributed by atoms with Crippen molar-refractivity contribution >= 4 is 43.5 Å². The molecular formula is C15H14Br2ClNO2. The minimum Gasteiger partial charge on any atom is -0.495 e. The van der Waals surface area contributed by atoms with Crippen molar-refractivity contribution in [1.82, 2.24) is 0 Å². The summed E-state index contributed by atoms with van der Waals surface area (Å²) < 4.78 is 12.3. The molecule has 0 saturated heterocycles. The molecule has 0 radical (unpaired) electrons. The van der Waals surface area contributed by atoms with E-state index in [0.29, 0.717) is 16.5 Å². The van der Waals surface area contributed by atoms with E-state index in [-0.39, 0.29) is 6.04 Å². The first-order valence-corrected chi connectivity index (χ1v) is 8.07. The molecule has 21 heavy (non-hydrogen) atoms. The molecule has 0 aromatic heterocycles. The van der Waals surface area contributed by atoms with Crippen LogP contribution in [0.5, 0.6) is 11.5 Å². The van der Waals surface area contributed by atoms with Gasteiger partial charge in [0.25, 0.3) is 0 Å². The van der Waals surface area contributed by atoms with Crippen molar-refractivity contribution in [3.63, 3.8) is 0 Å². The SMILES string of the molecule is COc1ccc(C(N)c2ccc(Br)c(Cl)c2)c(OC)c1Br. The quantitative estimate of drug-likeness (QED) is 0.741. The van der Waals surface area contributed by atoms with Gasteiger partial charge in [0.1, 0.15) is 16.0 Å². The Morgan fingerprint density at radius 1 is 1.10 bits per heavy atom. The van der Waals surface area contributed by atoms with Gasteiger partial charge in [-0.3, -0.25) is 0 Å². The highest BCUT2D eigenvalue weighted by atomic mass is 79.9. The molecule has 0 saturated carbocycles. The monoisotopic (exact) mass is 433 g/mol. The predicted octanol–water partition coefficient (Wildman–Crippen LogP) is 4.93. The van der Waals surface area contributed by atoms with Gasteiger partial charge in [-0.15, -0.1) is 0 Å². The van der Waals surface area contributed by atoms with Crippen LogP contribution in [0.4, 0.5) is 0 Å². The smallest absolute Gasteiger partial charge is 0.141 e. The van der Waals surface area contributed by atoms with E-state index in [0.717, 1.165) is 20.1 Å². The van der Waals surface area contributed by atoms with Crippen molar-refractivity contribution in [2.75, 3.05) is 14.2 Å². The summed E-state index contributed by atoms with van der Waals surface area (Å²) in [7, 11) is 3.21. The van der Waals surface area contributed by atoms with Crippen LogP contribution in [0, 0.1) is 0 Å². The van der Waals surface area contributed by atoms with Crippen LogP contribution in [-0.2, 0) is 0 Å². The van der Waals surface area contributed by atoms with E-state index in [4.69, 9.17) is 26.8 Å². The lowest BCUT2D eigenvalue weighted by molar-refractivity contribution is 0.385. The summed E-state index contributed by atoms with van der Waals surface area (Å²) in [6, 6.07) is 9.03. The second-order valence-electron chi connectivity index (χ2n) is 4.36. The molecule has 1 unspecified atom stereocenters. The molecular weight excluding hydrogens is 421 g/mol. The Morgan fingerprint density at radius 3 is 2.38 bits per heavy atom. The lowest BCUT2D eigenvalue weighted by atomic mass is 9.98. The van der Waals surface area contributed by atoms with Gasteiger partial charge in [-0.05, 0) is 61.7 Å². The van der Waals surface area contributed by atoms with Crippen LogP contribution in [-0.4, -0.2) is 14.2 Å². The average Bonchev–Trinajstić information content (AvgIpc) is 2.49. The molecule has 0 aliphatic rings. The first-order valence-electron chi connectivity index (χ1n) is 6.10. The molecule has 2 aromatic rings. The van der Waals surface area contributed by atoms with Crippen LogP contribution in [0.25, 0.3) is 0 Å². The number of methoxy groups -OCH3 is 2. The standard InChI is InChI=1S/C15H14Br2ClNO2/c1-20-12-6-4-9(15(21-2)13(12)17)14(19)8-3-5-10(16)11(18)7-8/h3-7,14H,19H2,1-2H3. The lowest BCUT2D eigenvalue weighted by Crippen LogP contribution is -2.13. The Labute approximate surface area is 145 Å². The Kier molecular flexibility index (Phi) is 5.54. The van der Waals surface area contributed by atoms with Gasteiger partial charge in [-0.2, -0.15) is 0 Å². The number of ether oxygens (including phenoxy) is 2. The third-order valence-corrected chi connectivity index (χ3v) is 5.14. The summed E-state index contributed by atoms with van der Waals surface area (Å²) in [6.45, 7) is 0. The van der Waals surface area contributed by atoms with Gasteiger partial charge in [-0.1, -0.05) is 17.7 Å². The number of nitrogens with two attached hydrogens (primary N) is 1. The number of halogens is 3. The van der Waals surface area contributed by atoms with E-state index in [9.17, 15) is 0 Å². The fraction of sp³-hybridized carbons (Fsp3) is 0.200. The molecule has 1 atom stereocenters. The predicted molar refractivity (Wildman–Crippen MR) is 92.4 cm³/mol. The van der Waals surface area contributed by atoms with E-state index in [2.05, 4.69) is 31.9 Å². The van der Waals surface area contributed by atoms with E-state index >= 15 is 0 Å². The van der Waals surface area contributed by atoms with Gasteiger partial charge < -0.3 is 15.2 Å².